The van der Waals surface area contributed by atoms with Crippen LogP contribution in [0.5, 0.6) is 0 Å². The van der Waals surface area contributed by atoms with Gasteiger partial charge in [-0.2, -0.15) is 18.2 Å². The SMILES string of the molecule is C[C@H]1CCN1c1nc(N2C[C@@H]3[C@H](C2)[C@@H]3[SH](C)(=O)[O-])cc(C(F)(F)F)n1.[Na+]. The summed E-state index contributed by atoms with van der Waals surface area (Å²) in [6.07, 6.45) is -2.39. The first-order chi connectivity index (χ1) is 11.6. The largest absolute Gasteiger partial charge is 1.00 e. The van der Waals surface area contributed by atoms with Crippen LogP contribution in [0.1, 0.15) is 19.0 Å². The van der Waals surface area contributed by atoms with Crippen molar-refractivity contribution < 1.29 is 51.5 Å². The molecular formula is C15H20F3N4NaO2S. The molecule has 6 nitrogen and oxygen atoms in total. The fourth-order valence-corrected chi connectivity index (χ4v) is 5.97. The predicted molar refractivity (Wildman–Crippen MR) is 87.7 cm³/mol. The van der Waals surface area contributed by atoms with Crippen molar-refractivity contribution in [3.8, 4) is 0 Å². The Morgan fingerprint density at radius 2 is 1.88 bits per heavy atom. The smallest absolute Gasteiger partial charge is 0.771 e. The summed E-state index contributed by atoms with van der Waals surface area (Å²) in [6, 6.07) is 1.09. The van der Waals surface area contributed by atoms with Gasteiger partial charge in [0, 0.05) is 37.0 Å². The molecular weight excluding hydrogens is 380 g/mol. The summed E-state index contributed by atoms with van der Waals surface area (Å²) in [7, 11) is -3.39. The van der Waals surface area contributed by atoms with E-state index in [1.54, 1.807) is 9.80 Å². The van der Waals surface area contributed by atoms with Gasteiger partial charge in [-0.05, 0) is 31.4 Å². The first-order valence-corrected chi connectivity index (χ1v) is 10.5. The number of thiol groups is 1. The average Bonchev–Trinajstić information content (AvgIpc) is 3.02. The number of rotatable bonds is 3. The number of piperidine rings is 1. The van der Waals surface area contributed by atoms with E-state index in [2.05, 4.69) is 9.97 Å². The van der Waals surface area contributed by atoms with Crippen LogP contribution in [-0.2, 0) is 16.4 Å². The summed E-state index contributed by atoms with van der Waals surface area (Å²) in [6.45, 7) is 3.43. The van der Waals surface area contributed by atoms with Gasteiger partial charge in [0.15, 0.2) is 5.69 Å². The summed E-state index contributed by atoms with van der Waals surface area (Å²) in [5.41, 5.74) is -0.950. The number of hydrogen-bond donors (Lipinski definition) is 1. The molecule has 1 saturated carbocycles. The third kappa shape index (κ3) is 3.50. The second-order valence-electron chi connectivity index (χ2n) is 7.37. The van der Waals surface area contributed by atoms with Gasteiger partial charge in [-0.3, -0.25) is 0 Å². The molecule has 0 radical (unpaired) electrons. The topological polar surface area (TPSA) is 72.4 Å². The van der Waals surface area contributed by atoms with Gasteiger partial charge in [0.05, 0.1) is 0 Å². The van der Waals surface area contributed by atoms with Crippen molar-refractivity contribution in [3.63, 3.8) is 0 Å². The molecule has 0 N–H and O–H groups in total. The molecule has 0 spiro atoms. The van der Waals surface area contributed by atoms with Crippen molar-refractivity contribution in [3.05, 3.63) is 11.8 Å². The second kappa shape index (κ2) is 6.58. The number of hydrogen-bond acceptors (Lipinski definition) is 6. The molecule has 1 aliphatic carbocycles. The Labute approximate surface area is 173 Å². The van der Waals surface area contributed by atoms with E-state index >= 15 is 0 Å². The molecule has 3 fully saturated rings. The molecule has 11 heteroatoms. The minimum atomic E-state index is -4.54. The Morgan fingerprint density at radius 3 is 2.31 bits per heavy atom. The number of anilines is 2. The van der Waals surface area contributed by atoms with E-state index in [1.165, 1.54) is 6.26 Å². The van der Waals surface area contributed by atoms with E-state index in [0.717, 1.165) is 12.5 Å². The second-order valence-corrected chi connectivity index (χ2v) is 9.79. The fourth-order valence-electron chi connectivity index (χ4n) is 4.05. The zero-order valence-corrected chi connectivity index (χ0v) is 17.8. The summed E-state index contributed by atoms with van der Waals surface area (Å²) in [4.78, 5) is 11.6. The zero-order chi connectivity index (χ0) is 18.1. The monoisotopic (exact) mass is 400 g/mol. The van der Waals surface area contributed by atoms with Crippen LogP contribution in [0.25, 0.3) is 0 Å². The quantitative estimate of drug-likeness (QED) is 0.482. The van der Waals surface area contributed by atoms with Crippen molar-refractivity contribution in [1.29, 1.82) is 0 Å². The molecule has 0 amide bonds. The Bertz CT molecular complexity index is 747. The number of alkyl halides is 3. The van der Waals surface area contributed by atoms with E-state index in [0.29, 0.717) is 19.6 Å². The zero-order valence-electron chi connectivity index (χ0n) is 14.9. The van der Waals surface area contributed by atoms with Crippen molar-refractivity contribution in [2.45, 2.75) is 30.8 Å². The van der Waals surface area contributed by atoms with Gasteiger partial charge in [0.1, 0.15) is 5.82 Å². The van der Waals surface area contributed by atoms with Crippen LogP contribution >= 0.6 is 0 Å². The number of halogens is 3. The molecule has 1 aromatic heterocycles. The van der Waals surface area contributed by atoms with Gasteiger partial charge in [0.25, 0.3) is 0 Å². The maximum atomic E-state index is 13.2. The van der Waals surface area contributed by atoms with Crippen LogP contribution in [0.2, 0.25) is 0 Å². The average molecular weight is 400 g/mol. The molecule has 0 unspecified atom stereocenters. The van der Waals surface area contributed by atoms with E-state index in [-0.39, 0.29) is 64.5 Å². The Kier molecular flexibility index (Phi) is 5.14. The molecule has 4 atom stereocenters. The fraction of sp³-hybridized carbons (Fsp3) is 0.733. The molecule has 1 aromatic rings. The van der Waals surface area contributed by atoms with Crippen LogP contribution in [0.15, 0.2) is 6.07 Å². The molecule has 3 heterocycles. The number of aromatic nitrogens is 2. The maximum Gasteiger partial charge on any atom is 1.00 e. The van der Waals surface area contributed by atoms with E-state index < -0.39 is 22.1 Å². The normalized spacial score (nSPS) is 31.2. The minimum Gasteiger partial charge on any atom is -0.771 e. The van der Waals surface area contributed by atoms with Gasteiger partial charge in [-0.15, -0.1) is 0 Å². The molecule has 2 aliphatic heterocycles. The molecule has 4 rings (SSSR count). The Morgan fingerprint density at radius 1 is 1.27 bits per heavy atom. The Hall–Kier alpha value is -0.420. The van der Waals surface area contributed by atoms with Gasteiger partial charge >= 0.3 is 35.7 Å². The summed E-state index contributed by atoms with van der Waals surface area (Å²) in [5.74, 6) is 0.345. The van der Waals surface area contributed by atoms with E-state index in [9.17, 15) is 21.9 Å². The van der Waals surface area contributed by atoms with Gasteiger partial charge in [0.2, 0.25) is 5.95 Å². The third-order valence-corrected chi connectivity index (χ3v) is 7.43. The van der Waals surface area contributed by atoms with E-state index in [1.807, 2.05) is 6.92 Å². The standard InChI is InChI=1S/C15H21F3N4O2S.Na/c1-8-3-4-22(8)14-19-11(15(16,17)18)5-12(20-14)21-6-9-10(7-21)13(9)25(2,23)24;/h5,8-10,13,25H,3-4,6-7H2,1-2H3,(H,23,24);/q;+1/p-1/t8-,9-,10+,13-;/m0./s1. The molecule has 0 bridgehead atoms. The van der Waals surface area contributed by atoms with Crippen LogP contribution in [-0.4, -0.2) is 55.9 Å². The minimum absolute atomic E-state index is 0. The van der Waals surface area contributed by atoms with Crippen LogP contribution < -0.4 is 39.4 Å². The molecule has 3 aliphatic rings. The Balaban J connectivity index is 0.00000196. The number of sulfone groups is 1. The van der Waals surface area contributed by atoms with E-state index in [4.69, 9.17) is 0 Å². The number of nitrogens with zero attached hydrogens (tertiary/aromatic N) is 4. The van der Waals surface area contributed by atoms with Crippen LogP contribution in [0.3, 0.4) is 0 Å². The van der Waals surface area contributed by atoms with Crippen molar-refractivity contribution in [2.24, 2.45) is 11.8 Å². The summed E-state index contributed by atoms with van der Waals surface area (Å²) in [5, 5.41) is -0.331. The summed E-state index contributed by atoms with van der Waals surface area (Å²) >= 11 is 0. The predicted octanol–water partition coefficient (Wildman–Crippen LogP) is -1.69. The van der Waals surface area contributed by atoms with Gasteiger partial charge in [-0.1, -0.05) is 0 Å². The van der Waals surface area contributed by atoms with Crippen molar-refractivity contribution >= 4 is 22.0 Å². The molecule has 140 valence electrons. The van der Waals surface area contributed by atoms with Crippen molar-refractivity contribution in [2.75, 3.05) is 35.7 Å². The van der Waals surface area contributed by atoms with Crippen LogP contribution in [0, 0.1) is 11.8 Å². The van der Waals surface area contributed by atoms with Crippen molar-refractivity contribution in [1.82, 2.24) is 9.97 Å². The number of fused-ring (bicyclic) bond motifs is 1. The summed E-state index contributed by atoms with van der Waals surface area (Å²) < 4.78 is 63.0. The molecule has 0 aromatic carbocycles. The van der Waals surface area contributed by atoms with Gasteiger partial charge in [-0.25, -0.2) is 9.19 Å². The maximum absolute atomic E-state index is 13.2. The third-order valence-electron chi connectivity index (χ3n) is 5.58. The first-order valence-electron chi connectivity index (χ1n) is 8.32. The molecule has 26 heavy (non-hydrogen) atoms. The first kappa shape index (κ1) is 20.3. The molecule has 2 saturated heterocycles. The van der Waals surface area contributed by atoms with Gasteiger partial charge < -0.3 is 24.6 Å². The van der Waals surface area contributed by atoms with Crippen LogP contribution in [0.4, 0.5) is 24.9 Å².